The smallest absolute Gasteiger partial charge is 0.308 e. The summed E-state index contributed by atoms with van der Waals surface area (Å²) in [5.74, 6) is -2.01. The zero-order valence-electron chi connectivity index (χ0n) is 24.9. The summed E-state index contributed by atoms with van der Waals surface area (Å²) in [7, 11) is 3.80. The molecule has 3 N–H and O–H groups in total. The zero-order valence-corrected chi connectivity index (χ0v) is 24.9. The van der Waals surface area contributed by atoms with E-state index in [9.17, 15) is 24.9 Å². The lowest BCUT2D eigenvalue weighted by Gasteiger charge is -2.43. The fourth-order valence-electron chi connectivity index (χ4n) is 6.01. The van der Waals surface area contributed by atoms with Crippen molar-refractivity contribution in [1.82, 2.24) is 4.90 Å². The van der Waals surface area contributed by atoms with Gasteiger partial charge in [-0.2, -0.15) is 0 Å². The Bertz CT molecular complexity index is 702. The number of ether oxygens (including phenoxy) is 2. The van der Waals surface area contributed by atoms with Gasteiger partial charge in [-0.25, -0.2) is 0 Å². The molecule has 0 amide bonds. The molecule has 0 saturated carbocycles. The van der Waals surface area contributed by atoms with E-state index in [1.54, 1.807) is 13.8 Å². The van der Waals surface area contributed by atoms with Crippen LogP contribution in [0.4, 0.5) is 0 Å². The molecule has 1 heterocycles. The Kier molecular flexibility index (Phi) is 14.2. The van der Waals surface area contributed by atoms with E-state index in [-0.39, 0.29) is 35.5 Å². The number of aliphatic carboxylic acids is 1. The molecular weight excluding hydrogens is 474 g/mol. The Morgan fingerprint density at radius 1 is 1.03 bits per heavy atom. The number of hydrogen-bond donors (Lipinski definition) is 3. The van der Waals surface area contributed by atoms with Gasteiger partial charge in [0.2, 0.25) is 0 Å². The minimum atomic E-state index is -0.926. The van der Waals surface area contributed by atoms with Gasteiger partial charge in [0.15, 0.2) is 6.29 Å². The van der Waals surface area contributed by atoms with E-state index < -0.39 is 48.5 Å². The molecular formula is C29H55NO7. The van der Waals surface area contributed by atoms with E-state index in [0.29, 0.717) is 19.3 Å². The van der Waals surface area contributed by atoms with Crippen LogP contribution in [-0.4, -0.2) is 82.8 Å². The van der Waals surface area contributed by atoms with Gasteiger partial charge < -0.3 is 29.7 Å². The molecule has 0 aromatic rings. The third-order valence-corrected chi connectivity index (χ3v) is 8.39. The predicted molar refractivity (Wildman–Crippen MR) is 145 cm³/mol. The molecule has 1 aliphatic rings. The van der Waals surface area contributed by atoms with Crippen LogP contribution in [-0.2, 0) is 19.1 Å². The lowest BCUT2D eigenvalue weighted by Crippen LogP contribution is -2.54. The highest BCUT2D eigenvalue weighted by Gasteiger charge is 2.40. The first-order valence-corrected chi connectivity index (χ1v) is 14.2. The molecule has 8 nitrogen and oxygen atoms in total. The van der Waals surface area contributed by atoms with Gasteiger partial charge in [0.25, 0.3) is 0 Å². The number of rotatable bonds is 16. The van der Waals surface area contributed by atoms with Crippen LogP contribution in [0, 0.1) is 35.5 Å². The number of Topliss-reactive ketones (excluding diaryl/α,β-unsaturated/α-hetero) is 1. The van der Waals surface area contributed by atoms with Crippen LogP contribution >= 0.6 is 0 Å². The maximum absolute atomic E-state index is 13.0. The van der Waals surface area contributed by atoms with Gasteiger partial charge in [0.05, 0.1) is 30.3 Å². The quantitative estimate of drug-likeness (QED) is 0.272. The van der Waals surface area contributed by atoms with Crippen LogP contribution in [0.1, 0.15) is 87.5 Å². The van der Waals surface area contributed by atoms with E-state index in [2.05, 4.69) is 13.8 Å². The van der Waals surface area contributed by atoms with Crippen molar-refractivity contribution in [1.29, 1.82) is 0 Å². The van der Waals surface area contributed by atoms with Crippen molar-refractivity contribution >= 4 is 11.8 Å². The first-order valence-electron chi connectivity index (χ1n) is 14.2. The Balaban J connectivity index is 2.84. The summed E-state index contributed by atoms with van der Waals surface area (Å²) in [5, 5.41) is 30.9. The SMILES string of the molecule is CCC[C@H](C)[C@H](O)[C@@H](C)C(=O)[C@H](C)C[C@H](C)C[C@@H](C)[C@H](O[C@H]1CC(N(C)C)[C@H](O)C(C)O1)[C@@H](C)C(=O)O. The largest absolute Gasteiger partial charge is 0.481 e. The zero-order chi connectivity index (χ0) is 28.6. The highest BCUT2D eigenvalue weighted by atomic mass is 16.7. The standard InChI is InChI=1S/C29H55NO7/c1-11-12-17(3)25(31)20(6)26(32)18(4)13-16(2)14-19(5)28(21(7)29(34)35)37-24-15-23(30(9)10)27(33)22(8)36-24/h16-25,27-28,31,33H,11-15H2,1-10H3,(H,34,35)/t16-,17-,18+,19+,20+,21+,22?,23?,24-,25-,27+,28-/m0/s1. The number of ketones is 1. The molecule has 0 aromatic carbocycles. The third-order valence-electron chi connectivity index (χ3n) is 8.39. The summed E-state index contributed by atoms with van der Waals surface area (Å²) >= 11 is 0. The molecule has 0 aromatic heterocycles. The van der Waals surface area contributed by atoms with Crippen molar-refractivity contribution in [3.63, 3.8) is 0 Å². The molecule has 0 aliphatic carbocycles. The molecule has 1 rings (SSSR count). The average Bonchev–Trinajstić information content (AvgIpc) is 2.82. The minimum absolute atomic E-state index is 0.0829. The van der Waals surface area contributed by atoms with Crippen LogP contribution in [0.3, 0.4) is 0 Å². The fraction of sp³-hybridized carbons (Fsp3) is 0.931. The summed E-state index contributed by atoms with van der Waals surface area (Å²) in [5.41, 5.74) is 0. The minimum Gasteiger partial charge on any atom is -0.481 e. The van der Waals surface area contributed by atoms with Crippen molar-refractivity contribution in [3.05, 3.63) is 0 Å². The van der Waals surface area contributed by atoms with Gasteiger partial charge in [-0.3, -0.25) is 9.59 Å². The number of aliphatic hydroxyl groups excluding tert-OH is 2. The number of carboxylic acid groups (broad SMARTS) is 1. The number of nitrogens with zero attached hydrogens (tertiary/aromatic N) is 1. The van der Waals surface area contributed by atoms with Crippen molar-refractivity contribution in [2.45, 2.75) is 124 Å². The highest BCUT2D eigenvalue weighted by molar-refractivity contribution is 5.83. The first-order chi connectivity index (χ1) is 17.1. The summed E-state index contributed by atoms with van der Waals surface area (Å²) in [6.07, 6.45) is 0.795. The topological polar surface area (TPSA) is 117 Å². The van der Waals surface area contributed by atoms with E-state index in [4.69, 9.17) is 9.47 Å². The molecule has 2 unspecified atom stereocenters. The number of likely N-dealkylation sites (N-methyl/N-ethyl adjacent to an activating group) is 1. The fourth-order valence-corrected chi connectivity index (χ4v) is 6.01. The van der Waals surface area contributed by atoms with Crippen LogP contribution in [0.15, 0.2) is 0 Å². The monoisotopic (exact) mass is 529 g/mol. The number of carbonyl (C=O) groups is 2. The highest BCUT2D eigenvalue weighted by Crippen LogP contribution is 2.32. The Morgan fingerprint density at radius 2 is 1.62 bits per heavy atom. The normalized spacial score (nSPS) is 29.1. The molecule has 12 atom stereocenters. The first kappa shape index (κ1) is 34.0. The maximum atomic E-state index is 13.0. The van der Waals surface area contributed by atoms with E-state index in [1.807, 2.05) is 46.7 Å². The third kappa shape index (κ3) is 9.88. The van der Waals surface area contributed by atoms with Crippen LogP contribution in [0.5, 0.6) is 0 Å². The van der Waals surface area contributed by atoms with Gasteiger partial charge in [0, 0.05) is 24.3 Å². The lowest BCUT2D eigenvalue weighted by atomic mass is 9.79. The molecule has 1 saturated heterocycles. The molecule has 8 heteroatoms. The molecule has 0 spiro atoms. The van der Waals surface area contributed by atoms with Crippen LogP contribution < -0.4 is 0 Å². The molecule has 218 valence electrons. The molecule has 0 radical (unpaired) electrons. The van der Waals surface area contributed by atoms with Crippen molar-refractivity contribution < 1.29 is 34.4 Å². The maximum Gasteiger partial charge on any atom is 0.308 e. The molecule has 1 fully saturated rings. The second-order valence-electron chi connectivity index (χ2n) is 12.2. The summed E-state index contributed by atoms with van der Waals surface area (Å²) in [6, 6.07) is -0.145. The van der Waals surface area contributed by atoms with Gasteiger partial charge >= 0.3 is 5.97 Å². The summed E-state index contributed by atoms with van der Waals surface area (Å²) in [4.78, 5) is 26.9. The average molecular weight is 530 g/mol. The van der Waals surface area contributed by atoms with E-state index >= 15 is 0 Å². The number of aliphatic hydroxyl groups is 2. The van der Waals surface area contributed by atoms with Crippen LogP contribution in [0.2, 0.25) is 0 Å². The molecule has 0 bridgehead atoms. The summed E-state index contributed by atoms with van der Waals surface area (Å²) in [6.45, 7) is 15.4. The molecule has 1 aliphatic heterocycles. The van der Waals surface area contributed by atoms with E-state index in [1.165, 1.54) is 0 Å². The van der Waals surface area contributed by atoms with Gasteiger partial charge in [-0.15, -0.1) is 0 Å². The number of carbonyl (C=O) groups excluding carboxylic acids is 1. The Morgan fingerprint density at radius 3 is 2.14 bits per heavy atom. The summed E-state index contributed by atoms with van der Waals surface area (Å²) < 4.78 is 12.2. The number of hydrogen-bond acceptors (Lipinski definition) is 7. The van der Waals surface area contributed by atoms with Crippen molar-refractivity contribution in [3.8, 4) is 0 Å². The van der Waals surface area contributed by atoms with Gasteiger partial charge in [0.1, 0.15) is 5.78 Å². The van der Waals surface area contributed by atoms with Gasteiger partial charge in [-0.05, 0) is 65.0 Å². The van der Waals surface area contributed by atoms with Gasteiger partial charge in [-0.1, -0.05) is 48.0 Å². The van der Waals surface area contributed by atoms with Crippen molar-refractivity contribution in [2.75, 3.05) is 14.1 Å². The van der Waals surface area contributed by atoms with Crippen molar-refractivity contribution in [2.24, 2.45) is 35.5 Å². The Labute approximate surface area is 225 Å². The van der Waals surface area contributed by atoms with Crippen LogP contribution in [0.25, 0.3) is 0 Å². The Hall–Kier alpha value is -1.06. The molecule has 37 heavy (non-hydrogen) atoms. The van der Waals surface area contributed by atoms with E-state index in [0.717, 1.165) is 12.8 Å². The predicted octanol–water partition coefficient (Wildman–Crippen LogP) is 4.21. The lowest BCUT2D eigenvalue weighted by molar-refractivity contribution is -0.261. The second-order valence-corrected chi connectivity index (χ2v) is 12.2. The second kappa shape index (κ2) is 15.5. The number of carboxylic acids is 1.